The van der Waals surface area contributed by atoms with Gasteiger partial charge in [0.15, 0.2) is 0 Å². The highest BCUT2D eigenvalue weighted by molar-refractivity contribution is 7.98. The number of hydrogen-bond donors (Lipinski definition) is 1. The van der Waals surface area contributed by atoms with Gasteiger partial charge in [-0.15, -0.1) is 11.8 Å². The number of imidazole rings is 1. The monoisotopic (exact) mass is 550 g/mol. The molecule has 4 aromatic rings. The van der Waals surface area contributed by atoms with E-state index in [1.54, 1.807) is 54.7 Å². The predicted molar refractivity (Wildman–Crippen MR) is 151 cm³/mol. The van der Waals surface area contributed by atoms with Gasteiger partial charge in [0, 0.05) is 29.5 Å². The van der Waals surface area contributed by atoms with E-state index in [-0.39, 0.29) is 18.0 Å². The molecule has 0 aliphatic carbocycles. The standard InChI is InChI=1S/C28H30N4O4S2/c1-4-36-25-11-9-24(10-12-25)32(38(34,35)27-15-13-26(37-3)14-16-27)20-28(33)30-19-22-5-7-23(8-6-22)31-18-17-29-21(31)2/h5-18H,4,19-20H2,1-3H3,(H,30,33). The Balaban J connectivity index is 1.51. The molecule has 0 radical (unpaired) electrons. The van der Waals surface area contributed by atoms with E-state index in [2.05, 4.69) is 10.3 Å². The van der Waals surface area contributed by atoms with E-state index in [4.69, 9.17) is 4.74 Å². The van der Waals surface area contributed by atoms with Gasteiger partial charge in [-0.25, -0.2) is 13.4 Å². The molecule has 0 fully saturated rings. The van der Waals surface area contributed by atoms with Crippen molar-refractivity contribution in [2.75, 3.05) is 23.7 Å². The number of nitrogens with zero attached hydrogens (tertiary/aromatic N) is 3. The summed E-state index contributed by atoms with van der Waals surface area (Å²) in [5, 5.41) is 2.85. The molecule has 0 spiro atoms. The van der Waals surface area contributed by atoms with Crippen molar-refractivity contribution in [2.24, 2.45) is 0 Å². The Morgan fingerprint density at radius 3 is 2.29 bits per heavy atom. The first-order valence-electron chi connectivity index (χ1n) is 12.1. The van der Waals surface area contributed by atoms with Gasteiger partial charge >= 0.3 is 0 Å². The molecule has 1 N–H and O–H groups in total. The summed E-state index contributed by atoms with van der Waals surface area (Å²) in [6.45, 7) is 4.19. The molecule has 1 aromatic heterocycles. The molecule has 0 bridgehead atoms. The summed E-state index contributed by atoms with van der Waals surface area (Å²) in [7, 11) is -4.00. The zero-order valence-electron chi connectivity index (χ0n) is 21.5. The number of ether oxygens (including phenoxy) is 1. The topological polar surface area (TPSA) is 93.5 Å². The van der Waals surface area contributed by atoms with Crippen LogP contribution in [0, 0.1) is 6.92 Å². The summed E-state index contributed by atoms with van der Waals surface area (Å²) in [5.41, 5.74) is 2.23. The van der Waals surface area contributed by atoms with E-state index >= 15 is 0 Å². The van der Waals surface area contributed by atoms with Gasteiger partial charge < -0.3 is 14.6 Å². The third-order valence-electron chi connectivity index (χ3n) is 5.90. The van der Waals surface area contributed by atoms with Gasteiger partial charge in [0.2, 0.25) is 5.91 Å². The molecular formula is C28H30N4O4S2. The maximum absolute atomic E-state index is 13.6. The van der Waals surface area contributed by atoms with Gasteiger partial charge in [-0.1, -0.05) is 12.1 Å². The Morgan fingerprint density at radius 2 is 1.71 bits per heavy atom. The van der Waals surface area contributed by atoms with Crippen LogP contribution in [0.2, 0.25) is 0 Å². The maximum Gasteiger partial charge on any atom is 0.264 e. The molecule has 0 saturated heterocycles. The van der Waals surface area contributed by atoms with Gasteiger partial charge in [-0.3, -0.25) is 9.10 Å². The van der Waals surface area contributed by atoms with Crippen LogP contribution in [0.3, 0.4) is 0 Å². The van der Waals surface area contributed by atoms with E-state index in [9.17, 15) is 13.2 Å². The van der Waals surface area contributed by atoms with Gasteiger partial charge in [-0.2, -0.15) is 0 Å². The molecule has 0 saturated carbocycles. The van der Waals surface area contributed by atoms with Gasteiger partial charge in [0.05, 0.1) is 17.2 Å². The number of thioether (sulfide) groups is 1. The van der Waals surface area contributed by atoms with Crippen molar-refractivity contribution in [3.63, 3.8) is 0 Å². The Labute approximate surface area is 227 Å². The van der Waals surface area contributed by atoms with Gasteiger partial charge in [-0.05, 0) is 86.3 Å². The van der Waals surface area contributed by atoms with Crippen molar-refractivity contribution in [3.8, 4) is 11.4 Å². The minimum Gasteiger partial charge on any atom is -0.494 e. The molecule has 8 nitrogen and oxygen atoms in total. The Bertz CT molecular complexity index is 1470. The summed E-state index contributed by atoms with van der Waals surface area (Å²) in [4.78, 5) is 18.3. The first-order valence-corrected chi connectivity index (χ1v) is 14.7. The van der Waals surface area contributed by atoms with E-state index in [0.29, 0.717) is 18.0 Å². The minimum absolute atomic E-state index is 0.113. The lowest BCUT2D eigenvalue weighted by Crippen LogP contribution is -2.40. The van der Waals surface area contributed by atoms with Crippen LogP contribution in [0.1, 0.15) is 18.3 Å². The van der Waals surface area contributed by atoms with Gasteiger partial charge in [0.25, 0.3) is 10.0 Å². The SMILES string of the molecule is CCOc1ccc(N(CC(=O)NCc2ccc(-n3ccnc3C)cc2)S(=O)(=O)c2ccc(SC)cc2)cc1. The van der Waals surface area contributed by atoms with E-state index < -0.39 is 15.9 Å². The van der Waals surface area contributed by atoms with Crippen molar-refractivity contribution in [2.45, 2.75) is 30.2 Å². The zero-order chi connectivity index (χ0) is 27.1. The summed E-state index contributed by atoms with van der Waals surface area (Å²) in [6.07, 6.45) is 5.55. The molecule has 3 aromatic carbocycles. The maximum atomic E-state index is 13.6. The minimum atomic E-state index is -4.00. The number of aromatic nitrogens is 2. The molecule has 10 heteroatoms. The first-order chi connectivity index (χ1) is 18.3. The molecule has 1 heterocycles. The number of aryl methyl sites for hydroxylation is 1. The average molecular weight is 551 g/mol. The van der Waals surface area contributed by atoms with Crippen molar-refractivity contribution >= 4 is 33.4 Å². The highest BCUT2D eigenvalue weighted by Crippen LogP contribution is 2.27. The van der Waals surface area contributed by atoms with E-state index in [1.165, 1.54) is 11.8 Å². The number of amides is 1. The molecule has 0 aliphatic heterocycles. The van der Waals surface area contributed by atoms with Crippen LogP contribution in [0.5, 0.6) is 5.75 Å². The molecule has 1 amide bonds. The number of benzene rings is 3. The Hall–Kier alpha value is -3.76. The number of carbonyl (C=O) groups is 1. The second-order valence-corrected chi connectivity index (χ2v) is 11.1. The van der Waals surface area contributed by atoms with Crippen LogP contribution >= 0.6 is 11.8 Å². The number of hydrogen-bond acceptors (Lipinski definition) is 6. The summed E-state index contributed by atoms with van der Waals surface area (Å²) in [5.74, 6) is 1.08. The second-order valence-electron chi connectivity index (χ2n) is 8.40. The predicted octanol–water partition coefficient (Wildman–Crippen LogP) is 4.81. The smallest absolute Gasteiger partial charge is 0.264 e. The molecule has 38 heavy (non-hydrogen) atoms. The lowest BCUT2D eigenvalue weighted by molar-refractivity contribution is -0.119. The molecule has 4 rings (SSSR count). The molecule has 0 aliphatic rings. The van der Waals surface area contributed by atoms with E-state index in [0.717, 1.165) is 26.3 Å². The van der Waals surface area contributed by atoms with Crippen molar-refractivity contribution in [3.05, 3.63) is 96.6 Å². The van der Waals surface area contributed by atoms with Crippen molar-refractivity contribution in [1.82, 2.24) is 14.9 Å². The highest BCUT2D eigenvalue weighted by Gasteiger charge is 2.27. The van der Waals surface area contributed by atoms with Gasteiger partial charge in [0.1, 0.15) is 18.1 Å². The van der Waals surface area contributed by atoms with Crippen LogP contribution < -0.4 is 14.4 Å². The van der Waals surface area contributed by atoms with Crippen molar-refractivity contribution < 1.29 is 17.9 Å². The largest absolute Gasteiger partial charge is 0.494 e. The number of anilines is 1. The average Bonchev–Trinajstić information content (AvgIpc) is 3.37. The quantitative estimate of drug-likeness (QED) is 0.269. The van der Waals surface area contributed by atoms with Crippen LogP contribution in [0.25, 0.3) is 5.69 Å². The van der Waals surface area contributed by atoms with Crippen LogP contribution in [0.15, 0.2) is 95.0 Å². The number of rotatable bonds is 11. The fourth-order valence-electron chi connectivity index (χ4n) is 3.88. The summed E-state index contributed by atoms with van der Waals surface area (Å²) >= 11 is 1.52. The third-order valence-corrected chi connectivity index (χ3v) is 8.43. The molecular weight excluding hydrogens is 520 g/mol. The third kappa shape index (κ3) is 6.38. The van der Waals surface area contributed by atoms with Crippen LogP contribution in [-0.2, 0) is 21.4 Å². The van der Waals surface area contributed by atoms with E-state index in [1.807, 2.05) is 55.1 Å². The van der Waals surface area contributed by atoms with Crippen LogP contribution in [-0.4, -0.2) is 43.3 Å². The number of sulfonamides is 1. The Kier molecular flexibility index (Phi) is 8.75. The number of nitrogens with one attached hydrogen (secondary N) is 1. The van der Waals surface area contributed by atoms with Crippen LogP contribution in [0.4, 0.5) is 5.69 Å². The zero-order valence-corrected chi connectivity index (χ0v) is 23.1. The summed E-state index contributed by atoms with van der Waals surface area (Å²) in [6, 6.07) is 21.0. The fraction of sp³-hybridized carbons (Fsp3) is 0.214. The highest BCUT2D eigenvalue weighted by atomic mass is 32.2. The fourth-order valence-corrected chi connectivity index (χ4v) is 5.71. The first kappa shape index (κ1) is 27.3. The summed E-state index contributed by atoms with van der Waals surface area (Å²) < 4.78 is 35.8. The lowest BCUT2D eigenvalue weighted by atomic mass is 10.2. The second kappa shape index (κ2) is 12.2. The number of carbonyl (C=O) groups excluding carboxylic acids is 1. The lowest BCUT2D eigenvalue weighted by Gasteiger charge is -2.24. The van der Waals surface area contributed by atoms with Crippen molar-refractivity contribution in [1.29, 1.82) is 0 Å². The molecule has 0 atom stereocenters. The Morgan fingerprint density at radius 1 is 1.03 bits per heavy atom. The molecule has 198 valence electrons. The normalized spacial score (nSPS) is 11.2. The molecule has 0 unspecified atom stereocenters.